The van der Waals surface area contributed by atoms with Crippen LogP contribution in [-0.2, 0) is 45.0 Å². The first-order valence-electron chi connectivity index (χ1n) is 13.5. The second-order valence-corrected chi connectivity index (χ2v) is 8.89. The molecular weight excluding hydrogens is 471 g/mol. The van der Waals surface area contributed by atoms with Crippen molar-refractivity contribution in [2.24, 2.45) is 0 Å². The maximum absolute atomic E-state index is 5.86. The van der Waals surface area contributed by atoms with Crippen molar-refractivity contribution in [3.05, 3.63) is 47.0 Å². The van der Waals surface area contributed by atoms with Gasteiger partial charge in [0.1, 0.15) is 11.5 Å². The number of rotatable bonds is 20. The molecule has 0 fully saturated rings. The summed E-state index contributed by atoms with van der Waals surface area (Å²) in [5.74, 6) is 1.35. The molecule has 205 valence electrons. The number of hydrogen-bond acceptors (Lipinski definition) is 8. The lowest BCUT2D eigenvalue weighted by molar-refractivity contribution is -0.00795. The van der Waals surface area contributed by atoms with Gasteiger partial charge in [0.05, 0.1) is 61.4 Å². The highest BCUT2D eigenvalue weighted by Gasteiger charge is 2.13. The van der Waals surface area contributed by atoms with E-state index in [1.54, 1.807) is 0 Å². The van der Waals surface area contributed by atoms with E-state index >= 15 is 0 Å². The molecule has 0 aliphatic heterocycles. The standard InChI is InChI=1S/C28H44BN2O6/c1-7-11-25-27(15-13-23(30-25)19-32-17-21(5)34-9-3)36-29-37-28-16-14-24(31-26(28)12-8-2)20-33-18-22(6)35-10-4/h13-16,21-22H,7-12,17-20H2,1-6H3/t21-,22-/m1/s1. The molecule has 2 atom stereocenters. The van der Waals surface area contributed by atoms with Crippen molar-refractivity contribution in [1.82, 2.24) is 9.97 Å². The first-order chi connectivity index (χ1) is 18.0. The number of nitrogens with zero attached hydrogens (tertiary/aromatic N) is 2. The molecule has 0 aromatic carbocycles. The Bertz CT molecular complexity index is 829. The zero-order valence-corrected chi connectivity index (χ0v) is 23.5. The van der Waals surface area contributed by atoms with Crippen molar-refractivity contribution in [2.45, 2.75) is 92.6 Å². The zero-order chi connectivity index (χ0) is 26.9. The highest BCUT2D eigenvalue weighted by molar-refractivity contribution is 6.20. The summed E-state index contributed by atoms with van der Waals surface area (Å²) in [6.07, 6.45) is 3.62. The molecule has 0 saturated heterocycles. The van der Waals surface area contributed by atoms with Crippen LogP contribution in [0.2, 0.25) is 0 Å². The lowest BCUT2D eigenvalue weighted by Crippen LogP contribution is -2.17. The summed E-state index contributed by atoms with van der Waals surface area (Å²) in [7, 11) is 1.35. The quantitative estimate of drug-likeness (QED) is 0.221. The molecule has 8 nitrogen and oxygen atoms in total. The van der Waals surface area contributed by atoms with E-state index < -0.39 is 0 Å². The predicted octanol–water partition coefficient (Wildman–Crippen LogP) is 5.26. The fraction of sp³-hybridized carbons (Fsp3) is 0.643. The third kappa shape index (κ3) is 11.8. The summed E-state index contributed by atoms with van der Waals surface area (Å²) in [4.78, 5) is 9.48. The molecule has 0 saturated carbocycles. The van der Waals surface area contributed by atoms with Crippen molar-refractivity contribution in [2.75, 3.05) is 26.4 Å². The molecule has 0 N–H and O–H groups in total. The maximum Gasteiger partial charge on any atom is 0.658 e. The van der Waals surface area contributed by atoms with Gasteiger partial charge in [-0.1, -0.05) is 26.7 Å². The van der Waals surface area contributed by atoms with Gasteiger partial charge in [0.2, 0.25) is 0 Å². The van der Waals surface area contributed by atoms with Gasteiger partial charge in [0.25, 0.3) is 0 Å². The van der Waals surface area contributed by atoms with Crippen molar-refractivity contribution in [3.8, 4) is 11.5 Å². The van der Waals surface area contributed by atoms with Gasteiger partial charge in [-0.2, -0.15) is 0 Å². The zero-order valence-electron chi connectivity index (χ0n) is 23.5. The van der Waals surface area contributed by atoms with Crippen LogP contribution in [0.1, 0.15) is 77.2 Å². The molecule has 0 amide bonds. The maximum atomic E-state index is 5.86. The monoisotopic (exact) mass is 515 g/mol. The van der Waals surface area contributed by atoms with Crippen molar-refractivity contribution >= 4 is 7.69 Å². The Morgan fingerprint density at radius 2 is 1.11 bits per heavy atom. The smallest absolute Gasteiger partial charge is 0.525 e. The molecule has 2 rings (SSSR count). The van der Waals surface area contributed by atoms with E-state index in [-0.39, 0.29) is 12.2 Å². The number of pyridine rings is 2. The van der Waals surface area contributed by atoms with Crippen LogP contribution >= 0.6 is 0 Å². The van der Waals surface area contributed by atoms with Crippen LogP contribution in [-0.4, -0.2) is 56.3 Å². The minimum absolute atomic E-state index is 0.0623. The first kappa shape index (κ1) is 31.0. The van der Waals surface area contributed by atoms with E-state index in [0.717, 1.165) is 48.5 Å². The van der Waals surface area contributed by atoms with Gasteiger partial charge in [-0.25, -0.2) is 0 Å². The highest BCUT2D eigenvalue weighted by Crippen LogP contribution is 2.22. The molecule has 1 radical (unpaired) electrons. The van der Waals surface area contributed by atoms with Gasteiger partial charge < -0.3 is 28.3 Å². The molecule has 0 aliphatic rings. The van der Waals surface area contributed by atoms with Crippen LogP contribution in [0.5, 0.6) is 11.5 Å². The molecule has 37 heavy (non-hydrogen) atoms. The highest BCUT2D eigenvalue weighted by atomic mass is 16.6. The van der Waals surface area contributed by atoms with Crippen LogP contribution in [0.25, 0.3) is 0 Å². The minimum Gasteiger partial charge on any atom is -0.525 e. The summed E-state index contributed by atoms with van der Waals surface area (Å²) in [5, 5.41) is 0. The largest absolute Gasteiger partial charge is 0.658 e. The van der Waals surface area contributed by atoms with Crippen LogP contribution in [0, 0.1) is 0 Å². The molecule has 2 aromatic rings. The van der Waals surface area contributed by atoms with Gasteiger partial charge in [-0.05, 0) is 64.8 Å². The molecule has 0 aliphatic carbocycles. The fourth-order valence-corrected chi connectivity index (χ4v) is 3.73. The molecule has 2 aromatic heterocycles. The Morgan fingerprint density at radius 1 is 0.676 bits per heavy atom. The summed E-state index contributed by atoms with van der Waals surface area (Å²) in [5.41, 5.74) is 3.48. The Kier molecular flexibility index (Phi) is 15.2. The number of aryl methyl sites for hydroxylation is 2. The van der Waals surface area contributed by atoms with E-state index in [1.165, 1.54) is 7.69 Å². The second kappa shape index (κ2) is 18.1. The summed E-state index contributed by atoms with van der Waals surface area (Å²) in [6.45, 7) is 15.5. The average molecular weight is 515 g/mol. The molecule has 0 unspecified atom stereocenters. The van der Waals surface area contributed by atoms with E-state index in [1.807, 2.05) is 52.0 Å². The normalized spacial score (nSPS) is 12.8. The molecule has 9 heteroatoms. The van der Waals surface area contributed by atoms with E-state index in [0.29, 0.717) is 51.1 Å². The molecule has 2 heterocycles. The Hall–Kier alpha value is -2.20. The first-order valence-corrected chi connectivity index (χ1v) is 13.5. The van der Waals surface area contributed by atoms with Crippen LogP contribution in [0.4, 0.5) is 0 Å². The topological polar surface area (TPSA) is 81.2 Å². The fourth-order valence-electron chi connectivity index (χ4n) is 3.73. The van der Waals surface area contributed by atoms with E-state index in [4.69, 9.17) is 38.2 Å². The van der Waals surface area contributed by atoms with Gasteiger partial charge in [-0.15, -0.1) is 0 Å². The van der Waals surface area contributed by atoms with Crippen molar-refractivity contribution in [3.63, 3.8) is 0 Å². The van der Waals surface area contributed by atoms with Gasteiger partial charge >= 0.3 is 7.69 Å². The lowest BCUT2D eigenvalue weighted by Gasteiger charge is -2.15. The van der Waals surface area contributed by atoms with Gasteiger partial charge in [0, 0.05) is 13.2 Å². The number of ether oxygens (including phenoxy) is 4. The van der Waals surface area contributed by atoms with E-state index in [9.17, 15) is 0 Å². The van der Waals surface area contributed by atoms with Gasteiger partial charge in [-0.3, -0.25) is 9.97 Å². The number of aromatic nitrogens is 2. The Balaban J connectivity index is 1.93. The van der Waals surface area contributed by atoms with Crippen LogP contribution < -0.4 is 9.31 Å². The van der Waals surface area contributed by atoms with Crippen LogP contribution in [0.3, 0.4) is 0 Å². The molecular formula is C28H44BN2O6. The summed E-state index contributed by atoms with van der Waals surface area (Å²) >= 11 is 0. The molecule has 0 spiro atoms. The predicted molar refractivity (Wildman–Crippen MR) is 145 cm³/mol. The average Bonchev–Trinajstić information content (AvgIpc) is 2.87. The van der Waals surface area contributed by atoms with E-state index in [2.05, 4.69) is 13.8 Å². The summed E-state index contributed by atoms with van der Waals surface area (Å²) < 4.78 is 34.3. The minimum atomic E-state index is 0.0623. The third-order valence-electron chi connectivity index (χ3n) is 5.41. The van der Waals surface area contributed by atoms with Gasteiger partial charge in [0.15, 0.2) is 0 Å². The second-order valence-electron chi connectivity index (χ2n) is 8.89. The molecule has 0 bridgehead atoms. The lowest BCUT2D eigenvalue weighted by atomic mass is 10.1. The SMILES string of the molecule is CCCc1nc(COC[C@@H](C)OCC)ccc1O[B]Oc1ccc(COC[C@@H](C)OCC)nc1CCC. The number of hydrogen-bond donors (Lipinski definition) is 0. The third-order valence-corrected chi connectivity index (χ3v) is 5.41. The Morgan fingerprint density at radius 3 is 1.49 bits per heavy atom. The van der Waals surface area contributed by atoms with Crippen molar-refractivity contribution in [1.29, 1.82) is 0 Å². The summed E-state index contributed by atoms with van der Waals surface area (Å²) in [6, 6.07) is 7.66. The van der Waals surface area contributed by atoms with Crippen molar-refractivity contribution < 1.29 is 28.3 Å². The van der Waals surface area contributed by atoms with Crippen LogP contribution in [0.15, 0.2) is 24.3 Å². The Labute approximate surface area is 223 Å².